The number of carboxylic acid groups (broad SMARTS) is 1. The highest BCUT2D eigenvalue weighted by Crippen LogP contribution is 2.42. The van der Waals surface area contributed by atoms with Crippen molar-refractivity contribution in [3.05, 3.63) is 0 Å². The monoisotopic (exact) mass is 283 g/mol. The smallest absolute Gasteiger partial charge is 0.305 e. The van der Waals surface area contributed by atoms with Crippen molar-refractivity contribution in [1.82, 2.24) is 4.90 Å². The van der Waals surface area contributed by atoms with Crippen LogP contribution in [0.25, 0.3) is 0 Å². The van der Waals surface area contributed by atoms with Crippen LogP contribution in [0.3, 0.4) is 0 Å². The fourth-order valence-electron chi connectivity index (χ4n) is 3.61. The molecule has 4 heteroatoms. The lowest BCUT2D eigenvalue weighted by atomic mass is 9.67. The SMILES string of the molecule is CC1CC(C(=O)N(CCC(=O)O)C(C)C)CC(C)(C)C1. The number of nitrogens with zero attached hydrogens (tertiary/aromatic N) is 1. The van der Waals surface area contributed by atoms with Gasteiger partial charge >= 0.3 is 5.97 Å². The average Bonchev–Trinajstić information content (AvgIpc) is 2.25. The number of carbonyl (C=O) groups excluding carboxylic acids is 1. The summed E-state index contributed by atoms with van der Waals surface area (Å²) in [6, 6.07) is 0.0576. The standard InChI is InChI=1S/C16H29NO3/c1-11(2)17(7-6-14(18)19)15(20)13-8-12(3)9-16(4,5)10-13/h11-13H,6-10H2,1-5H3,(H,18,19). The highest BCUT2D eigenvalue weighted by molar-refractivity contribution is 5.80. The van der Waals surface area contributed by atoms with Crippen LogP contribution in [-0.4, -0.2) is 34.5 Å². The van der Waals surface area contributed by atoms with Gasteiger partial charge < -0.3 is 10.0 Å². The van der Waals surface area contributed by atoms with Gasteiger partial charge in [-0.3, -0.25) is 9.59 Å². The molecule has 0 saturated heterocycles. The summed E-state index contributed by atoms with van der Waals surface area (Å²) in [6.45, 7) is 10.9. The maximum atomic E-state index is 12.7. The van der Waals surface area contributed by atoms with Gasteiger partial charge in [-0.05, 0) is 44.4 Å². The Bertz CT molecular complexity index is 363. The van der Waals surface area contributed by atoms with Gasteiger partial charge in [0.1, 0.15) is 0 Å². The number of carboxylic acids is 1. The summed E-state index contributed by atoms with van der Waals surface area (Å²) in [5, 5.41) is 8.82. The zero-order chi connectivity index (χ0) is 15.5. The molecule has 1 amide bonds. The highest BCUT2D eigenvalue weighted by Gasteiger charge is 2.37. The van der Waals surface area contributed by atoms with E-state index < -0.39 is 5.97 Å². The van der Waals surface area contributed by atoms with Crippen molar-refractivity contribution in [1.29, 1.82) is 0 Å². The molecule has 0 spiro atoms. The van der Waals surface area contributed by atoms with E-state index in [0.717, 1.165) is 19.3 Å². The normalized spacial score (nSPS) is 25.5. The molecule has 0 aliphatic heterocycles. The third-order valence-corrected chi connectivity index (χ3v) is 4.21. The van der Waals surface area contributed by atoms with Crippen LogP contribution in [0.4, 0.5) is 0 Å². The fraction of sp³-hybridized carbons (Fsp3) is 0.875. The van der Waals surface area contributed by atoms with Crippen LogP contribution in [-0.2, 0) is 9.59 Å². The number of amides is 1. The second kappa shape index (κ2) is 6.59. The first-order valence-electron chi connectivity index (χ1n) is 7.64. The Morgan fingerprint density at radius 2 is 1.90 bits per heavy atom. The first-order valence-corrected chi connectivity index (χ1v) is 7.64. The summed E-state index contributed by atoms with van der Waals surface area (Å²) in [4.78, 5) is 25.2. The van der Waals surface area contributed by atoms with Gasteiger partial charge in [-0.25, -0.2) is 0 Å². The van der Waals surface area contributed by atoms with Crippen molar-refractivity contribution >= 4 is 11.9 Å². The topological polar surface area (TPSA) is 57.6 Å². The molecule has 1 fully saturated rings. The molecule has 1 N–H and O–H groups in total. The molecule has 1 aliphatic carbocycles. The first-order chi connectivity index (χ1) is 9.12. The van der Waals surface area contributed by atoms with Gasteiger partial charge in [0.15, 0.2) is 0 Å². The third-order valence-electron chi connectivity index (χ3n) is 4.21. The van der Waals surface area contributed by atoms with Crippen LogP contribution in [0, 0.1) is 17.3 Å². The van der Waals surface area contributed by atoms with Gasteiger partial charge in [0, 0.05) is 18.5 Å². The summed E-state index contributed by atoms with van der Waals surface area (Å²) in [6.07, 6.45) is 3.02. The van der Waals surface area contributed by atoms with Gasteiger partial charge in [-0.15, -0.1) is 0 Å². The largest absolute Gasteiger partial charge is 0.481 e. The predicted molar refractivity (Wildman–Crippen MR) is 79.4 cm³/mol. The summed E-state index contributed by atoms with van der Waals surface area (Å²) in [7, 11) is 0. The second-order valence-electron chi connectivity index (χ2n) is 7.38. The van der Waals surface area contributed by atoms with E-state index in [2.05, 4.69) is 20.8 Å². The minimum atomic E-state index is -0.846. The molecule has 0 aromatic heterocycles. The average molecular weight is 283 g/mol. The molecular formula is C16H29NO3. The lowest BCUT2D eigenvalue weighted by Crippen LogP contribution is -2.45. The molecule has 0 radical (unpaired) electrons. The van der Waals surface area contributed by atoms with Gasteiger partial charge in [0.25, 0.3) is 0 Å². The van der Waals surface area contributed by atoms with Crippen molar-refractivity contribution in [2.24, 2.45) is 17.3 Å². The molecule has 0 heterocycles. The summed E-state index contributed by atoms with van der Waals surface area (Å²) >= 11 is 0. The quantitative estimate of drug-likeness (QED) is 0.843. The molecule has 116 valence electrons. The van der Waals surface area contributed by atoms with Crippen LogP contribution in [0.1, 0.15) is 60.3 Å². The number of hydrogen-bond donors (Lipinski definition) is 1. The second-order valence-corrected chi connectivity index (χ2v) is 7.38. The Morgan fingerprint density at radius 1 is 1.30 bits per heavy atom. The fourth-order valence-corrected chi connectivity index (χ4v) is 3.61. The van der Waals surface area contributed by atoms with Crippen molar-refractivity contribution in [3.63, 3.8) is 0 Å². The zero-order valence-electron chi connectivity index (χ0n) is 13.5. The summed E-state index contributed by atoms with van der Waals surface area (Å²) in [5.74, 6) is -0.104. The lowest BCUT2D eigenvalue weighted by molar-refractivity contribution is -0.142. The maximum Gasteiger partial charge on any atom is 0.305 e. The molecule has 0 aromatic carbocycles. The molecule has 0 bridgehead atoms. The van der Waals surface area contributed by atoms with E-state index in [-0.39, 0.29) is 29.7 Å². The van der Waals surface area contributed by atoms with E-state index in [4.69, 9.17) is 5.11 Å². The van der Waals surface area contributed by atoms with Crippen molar-refractivity contribution in [2.75, 3.05) is 6.54 Å². The third kappa shape index (κ3) is 4.80. The van der Waals surface area contributed by atoms with E-state index in [9.17, 15) is 9.59 Å². The molecule has 4 nitrogen and oxygen atoms in total. The van der Waals surface area contributed by atoms with Crippen LogP contribution in [0.5, 0.6) is 0 Å². The van der Waals surface area contributed by atoms with Crippen molar-refractivity contribution < 1.29 is 14.7 Å². The molecule has 0 aromatic rings. The van der Waals surface area contributed by atoms with Gasteiger partial charge in [-0.1, -0.05) is 20.8 Å². The Hall–Kier alpha value is -1.06. The van der Waals surface area contributed by atoms with Crippen LogP contribution >= 0.6 is 0 Å². The highest BCUT2D eigenvalue weighted by atomic mass is 16.4. The van der Waals surface area contributed by atoms with Crippen LogP contribution < -0.4 is 0 Å². The Morgan fingerprint density at radius 3 is 2.35 bits per heavy atom. The molecule has 1 rings (SSSR count). The summed E-state index contributed by atoms with van der Waals surface area (Å²) < 4.78 is 0. The summed E-state index contributed by atoms with van der Waals surface area (Å²) in [5.41, 5.74) is 0.202. The predicted octanol–water partition coefficient (Wildman–Crippen LogP) is 3.16. The first kappa shape index (κ1) is 17.0. The maximum absolute atomic E-state index is 12.7. The Labute approximate surface area is 122 Å². The number of carbonyl (C=O) groups is 2. The number of rotatable bonds is 5. The van der Waals surface area contributed by atoms with Crippen LogP contribution in [0.15, 0.2) is 0 Å². The van der Waals surface area contributed by atoms with Gasteiger partial charge in [-0.2, -0.15) is 0 Å². The van der Waals surface area contributed by atoms with E-state index in [1.807, 2.05) is 13.8 Å². The van der Waals surface area contributed by atoms with Crippen molar-refractivity contribution in [3.8, 4) is 0 Å². The molecule has 1 saturated carbocycles. The minimum Gasteiger partial charge on any atom is -0.481 e. The van der Waals surface area contributed by atoms with E-state index in [1.165, 1.54) is 0 Å². The Kier molecular flexibility index (Phi) is 5.60. The number of hydrogen-bond acceptors (Lipinski definition) is 2. The number of aliphatic carboxylic acids is 1. The van der Waals surface area contributed by atoms with E-state index in [0.29, 0.717) is 12.5 Å². The lowest BCUT2D eigenvalue weighted by Gasteiger charge is -2.41. The Balaban J connectivity index is 2.75. The zero-order valence-corrected chi connectivity index (χ0v) is 13.5. The van der Waals surface area contributed by atoms with E-state index in [1.54, 1.807) is 4.90 Å². The van der Waals surface area contributed by atoms with E-state index >= 15 is 0 Å². The van der Waals surface area contributed by atoms with Crippen molar-refractivity contribution in [2.45, 2.75) is 66.3 Å². The van der Waals surface area contributed by atoms with Gasteiger partial charge in [0.2, 0.25) is 5.91 Å². The molecular weight excluding hydrogens is 254 g/mol. The molecule has 1 aliphatic rings. The minimum absolute atomic E-state index is 0.0234. The van der Waals surface area contributed by atoms with Crippen LogP contribution in [0.2, 0.25) is 0 Å². The van der Waals surface area contributed by atoms with Gasteiger partial charge in [0.05, 0.1) is 6.42 Å². The molecule has 20 heavy (non-hydrogen) atoms. The molecule has 2 atom stereocenters. The molecule has 2 unspecified atom stereocenters.